The van der Waals surface area contributed by atoms with Crippen molar-refractivity contribution >= 4 is 23.8 Å². The van der Waals surface area contributed by atoms with Crippen molar-refractivity contribution in [2.75, 3.05) is 329 Å². The number of carbonyl (C=O) groups excluding carboxylic acids is 4. The SMILES string of the molecule is NCC(O)C(O)C(O)C(O)CN.NCCC/C=C/CCCN.NCCC1CCC(CCN)CC1.NCCC1CCN(CCN)CC1.NCCC1COC(CCN)CN1.NCCCC1CC1CCCN.NCCCN.NCCCN1CCN(CCCN)CC1.NCCN1CCC(OCN)C1.NCCOCCOCCN.NCCOCN.NCNC(=O)CNC(=O)CN.NCOC(=O)COC(=O)CN.NCOC1CCNC1. The van der Waals surface area contributed by atoms with Gasteiger partial charge in [-0.2, -0.15) is 0 Å². The maximum absolute atomic E-state index is 10.6. The van der Waals surface area contributed by atoms with Crippen LogP contribution in [0.3, 0.4) is 0 Å². The number of piperazine rings is 1. The number of unbranched alkanes of at least 4 members (excludes halogenated alkanes) is 2. The van der Waals surface area contributed by atoms with Gasteiger partial charge in [-0.15, -0.1) is 0 Å². The second kappa shape index (κ2) is 123. The Morgan fingerprint density at radius 2 is 0.807 bits per heavy atom. The number of amides is 2. The Hall–Kier alpha value is -4.10. The standard InChI is InChI=1S/C10H24N4.C10H22N2.C9H21N3.C9H20N2.C8H19N3O.C8H18N2.C7H17N3O.C6H16N2O4.C6H16N2O2.C5H12N4O2.C5H10N2O4.C5H12N2O.C3H10N2O.C3H10N2/c11-3-1-5-13-7-9-14(10-8-13)6-2-4-12;11-7-5-9-1-2-10(4-3-9)6-8-12;10-4-1-9-2-6-12(7-3-9)8-5-11;10-5-1-3-8-7-9(8)4-2-6-11;9-3-1-7-6-12-8(2-4-10)5-11-7;9-7-5-3-1-2-4-6-8-10;8-2-4-10-3-1-7(5-10)11-6-9;7-1-3(9)5(11)6(12)4(10)2-8;7-1-3-9-5-6-10-4-2-8;6-1-4(10)8-2-5(11)9-3-7;6-1-4(8)10-2-5(9)11-3-7;6-4-8-5-1-2-7-3-5;4-1-2-6-3-5;4-2-1-3-5/h1-12H2;9-10H,1-8,11-12H2;9H,1-8,10-11H2;8-9H,1-7,10-11H2;7-8,11H,1-6,9-10H2;1-2H,3-10H2;7H,1-6,8-9H2;3-6,9-12H,1-2,7-8H2;1-8H2;1-3,6-7H2,(H,8,10)(H,9,11);1-3,6-7H2;5,7H,1-4,6H2;1-5H2;1-5H2/b;;;;;2-1+;;;;;;;;. The first-order valence-corrected chi connectivity index (χ1v) is 53.3. The molecule has 0 aromatic carbocycles. The van der Waals surface area contributed by atoms with Gasteiger partial charge in [0.05, 0.1) is 117 Å². The van der Waals surface area contributed by atoms with Gasteiger partial charge in [-0.05, 0) is 282 Å². The smallest absolute Gasteiger partial charge is 0.345 e. The number of aliphatic hydroxyl groups is 4. The predicted molar refractivity (Wildman–Crippen MR) is 586 cm³/mol. The average Bonchev–Trinajstić information content (AvgIpc) is 1.70. The summed E-state index contributed by atoms with van der Waals surface area (Å²) in [7, 11) is 0. The lowest BCUT2D eigenvalue weighted by molar-refractivity contribution is -0.157. The maximum Gasteiger partial charge on any atom is 0.345 e. The molecule has 145 heavy (non-hydrogen) atoms. The Morgan fingerprint density at radius 1 is 0.372 bits per heavy atom. The number of hydrogen-bond donors (Lipinski definition) is 35. The summed E-state index contributed by atoms with van der Waals surface area (Å²) in [5.41, 5.74) is 141. The summed E-state index contributed by atoms with van der Waals surface area (Å²) >= 11 is 0. The summed E-state index contributed by atoms with van der Waals surface area (Å²) in [6, 6.07) is 0.448. The number of nitrogens with two attached hydrogens (primary N) is 27. The molecule has 10 unspecified atom stereocenters. The van der Waals surface area contributed by atoms with Crippen molar-refractivity contribution in [3.05, 3.63) is 12.2 Å². The van der Waals surface area contributed by atoms with E-state index in [1.165, 1.54) is 142 Å². The maximum atomic E-state index is 10.6. The van der Waals surface area contributed by atoms with Crippen LogP contribution in [0.2, 0.25) is 0 Å². The van der Waals surface area contributed by atoms with Crippen LogP contribution in [-0.4, -0.2) is 441 Å². The minimum Gasteiger partial charge on any atom is -0.453 e. The summed E-state index contributed by atoms with van der Waals surface area (Å²) in [6.45, 7) is 33.6. The predicted octanol–water partition coefficient (Wildman–Crippen LogP) is -11.3. The number of aliphatic hydroxyl groups excluding tert-OH is 4. The van der Waals surface area contributed by atoms with E-state index in [0.717, 1.165) is 244 Å². The average molecular weight is 2100 g/mol. The first kappa shape index (κ1) is 154. The fraction of sp³-hybridized carbons (Fsp3) is 0.936. The van der Waals surface area contributed by atoms with Crippen molar-refractivity contribution in [3.8, 4) is 0 Å². The summed E-state index contributed by atoms with van der Waals surface area (Å²) in [6.07, 6.45) is 30.2. The zero-order valence-corrected chi connectivity index (χ0v) is 89.8. The topological polar surface area (TPSA) is 987 Å². The van der Waals surface area contributed by atoms with Gasteiger partial charge in [0.15, 0.2) is 6.61 Å². The molecular formula is C94H227N35O16. The molecular weight excluding hydrogens is 1880 g/mol. The van der Waals surface area contributed by atoms with Gasteiger partial charge in [-0.3, -0.25) is 25.0 Å². The summed E-state index contributed by atoms with van der Waals surface area (Å²) < 4.78 is 39.3. The van der Waals surface area contributed by atoms with E-state index in [9.17, 15) is 19.2 Å². The molecule has 62 N–H and O–H groups in total. The first-order chi connectivity index (χ1) is 70.2. The molecule has 2 amide bonds. The Morgan fingerprint density at radius 3 is 1.17 bits per heavy atom. The normalized spacial score (nSPS) is 19.8. The molecule has 0 bridgehead atoms. The summed E-state index contributed by atoms with van der Waals surface area (Å²) in [5, 5.41) is 47.3. The number of hydrogen-bond acceptors (Lipinski definition) is 49. The van der Waals surface area contributed by atoms with Crippen LogP contribution in [-0.2, 0) is 57.1 Å². The first-order valence-electron chi connectivity index (χ1n) is 53.3. The molecule has 0 aromatic rings. The largest absolute Gasteiger partial charge is 0.453 e. The summed E-state index contributed by atoms with van der Waals surface area (Å²) in [5.74, 6) is 2.70. The monoisotopic (exact) mass is 2100 g/mol. The number of morpholine rings is 1. The molecule has 10 atom stereocenters. The molecule has 2 aliphatic carbocycles. The van der Waals surface area contributed by atoms with Crippen molar-refractivity contribution in [2.45, 2.75) is 209 Å². The van der Waals surface area contributed by atoms with Gasteiger partial charge in [0.1, 0.15) is 18.9 Å². The molecule has 7 aliphatic rings. The van der Waals surface area contributed by atoms with E-state index in [4.69, 9.17) is 199 Å². The molecule has 7 rings (SSSR count). The number of esters is 2. The molecule has 874 valence electrons. The van der Waals surface area contributed by atoms with Gasteiger partial charge >= 0.3 is 11.9 Å². The van der Waals surface area contributed by atoms with Gasteiger partial charge in [-0.1, -0.05) is 37.8 Å². The third-order valence-electron chi connectivity index (χ3n) is 23.1. The van der Waals surface area contributed by atoms with Gasteiger partial charge in [0.2, 0.25) is 11.8 Å². The number of ether oxygens (including phenoxy) is 8. The lowest BCUT2D eigenvalue weighted by Crippen LogP contribution is -2.49. The zero-order chi connectivity index (χ0) is 110. The molecule has 51 nitrogen and oxygen atoms in total. The quantitative estimate of drug-likeness (QED) is 0.0116. The Labute approximate surface area is 872 Å². The molecule has 7 fully saturated rings. The highest BCUT2D eigenvalue weighted by Crippen LogP contribution is 2.45. The number of rotatable bonds is 61. The van der Waals surface area contributed by atoms with E-state index >= 15 is 0 Å². The molecule has 2 saturated carbocycles. The van der Waals surface area contributed by atoms with Crippen LogP contribution in [0.25, 0.3) is 0 Å². The highest BCUT2D eigenvalue weighted by molar-refractivity contribution is 5.85. The number of allylic oxidation sites excluding steroid dienone is 2. The van der Waals surface area contributed by atoms with Gasteiger partial charge in [0.25, 0.3) is 0 Å². The molecule has 51 heteroatoms. The zero-order valence-electron chi connectivity index (χ0n) is 89.8. The van der Waals surface area contributed by atoms with E-state index < -0.39 is 43.0 Å². The molecule has 5 aliphatic heterocycles. The number of carbonyl (C=O) groups is 4. The van der Waals surface area contributed by atoms with Gasteiger partial charge < -0.3 is 243 Å². The Kier molecular flexibility index (Phi) is 131. The Balaban J connectivity index is -0.000000284. The van der Waals surface area contributed by atoms with Crippen LogP contribution in [0.15, 0.2) is 12.2 Å². The third-order valence-corrected chi connectivity index (χ3v) is 23.1. The minimum atomic E-state index is -1.46. The van der Waals surface area contributed by atoms with Crippen LogP contribution < -0.4 is 176 Å². The van der Waals surface area contributed by atoms with Crippen LogP contribution in [0, 0.1) is 29.6 Å². The number of piperidine rings is 1. The van der Waals surface area contributed by atoms with Crippen molar-refractivity contribution in [3.63, 3.8) is 0 Å². The fourth-order valence-corrected chi connectivity index (χ4v) is 14.6. The minimum absolute atomic E-state index is 0.0668. The van der Waals surface area contributed by atoms with E-state index in [-0.39, 0.29) is 64.7 Å². The van der Waals surface area contributed by atoms with Gasteiger partial charge in [-0.25, -0.2) is 4.79 Å². The molecule has 0 spiro atoms. The second-order valence-electron chi connectivity index (χ2n) is 35.1. The highest BCUT2D eigenvalue weighted by Gasteiger charge is 2.35. The number of nitrogens with zero attached hydrogens (tertiary/aromatic N) is 4. The van der Waals surface area contributed by atoms with Crippen LogP contribution in [0.4, 0.5) is 0 Å². The summed E-state index contributed by atoms with van der Waals surface area (Å²) in [4.78, 5) is 51.6. The molecule has 0 radical (unpaired) electrons. The molecule has 0 aromatic heterocycles. The Bertz CT molecular complexity index is 2370. The second-order valence-corrected chi connectivity index (χ2v) is 35.1. The van der Waals surface area contributed by atoms with Gasteiger partial charge in [0, 0.05) is 117 Å². The van der Waals surface area contributed by atoms with Crippen molar-refractivity contribution in [1.82, 2.24) is 40.9 Å². The van der Waals surface area contributed by atoms with Crippen molar-refractivity contribution < 1.29 is 77.5 Å². The van der Waals surface area contributed by atoms with Crippen molar-refractivity contribution in [1.29, 1.82) is 0 Å². The third kappa shape index (κ3) is 109. The number of nitrogens with one attached hydrogen (secondary N) is 4. The van der Waals surface area contributed by atoms with E-state index in [1.807, 2.05) is 0 Å². The fourth-order valence-electron chi connectivity index (χ4n) is 14.6. The van der Waals surface area contributed by atoms with Crippen LogP contribution in [0.1, 0.15) is 161 Å². The van der Waals surface area contributed by atoms with Crippen LogP contribution in [0.5, 0.6) is 0 Å². The van der Waals surface area contributed by atoms with E-state index in [2.05, 4.69) is 67.2 Å². The highest BCUT2D eigenvalue weighted by atomic mass is 16.6. The van der Waals surface area contributed by atoms with Crippen molar-refractivity contribution in [2.24, 2.45) is 184 Å². The molecule has 5 heterocycles. The van der Waals surface area contributed by atoms with E-state index in [1.54, 1.807) is 0 Å². The molecule has 5 saturated heterocycles. The lowest BCUT2D eigenvalue weighted by Gasteiger charge is -2.34. The lowest BCUT2D eigenvalue weighted by atomic mass is 9.79. The van der Waals surface area contributed by atoms with E-state index in [0.29, 0.717) is 97.0 Å². The van der Waals surface area contributed by atoms with Crippen LogP contribution >= 0.6 is 0 Å². The number of likely N-dealkylation sites (tertiary alicyclic amines) is 2.